The molecule has 1 atom stereocenters. The summed E-state index contributed by atoms with van der Waals surface area (Å²) in [5, 5.41) is 12.2. The quantitative estimate of drug-likeness (QED) is 0.893. The average Bonchev–Trinajstić information content (AvgIpc) is 2.38. The predicted molar refractivity (Wildman–Crippen MR) is 74.6 cm³/mol. The third-order valence-corrected chi connectivity index (χ3v) is 3.21. The van der Waals surface area contributed by atoms with Crippen LogP contribution in [0.4, 0.5) is 14.5 Å². The van der Waals surface area contributed by atoms with Crippen LogP contribution in [-0.2, 0) is 0 Å². The second-order valence-corrected chi connectivity index (χ2v) is 4.75. The smallest absolute Gasteiger partial charge is 0.131 e. The summed E-state index contributed by atoms with van der Waals surface area (Å²) in [7, 11) is 0. The zero-order chi connectivity index (χ0) is 14.7. The highest BCUT2D eigenvalue weighted by Crippen LogP contribution is 2.25. The van der Waals surface area contributed by atoms with Crippen molar-refractivity contribution in [3.8, 4) is 6.07 Å². The Morgan fingerprint density at radius 1 is 1.20 bits per heavy atom. The van der Waals surface area contributed by atoms with Gasteiger partial charge in [-0.15, -0.1) is 0 Å². The van der Waals surface area contributed by atoms with Crippen LogP contribution < -0.4 is 5.32 Å². The Hall–Kier alpha value is -2.12. The Kier molecular flexibility index (Phi) is 4.21. The first kappa shape index (κ1) is 14.3. The number of rotatable bonds is 3. The summed E-state index contributed by atoms with van der Waals surface area (Å²) < 4.78 is 26.5. The molecule has 0 spiro atoms. The molecule has 0 aromatic heterocycles. The van der Waals surface area contributed by atoms with Gasteiger partial charge in [0.15, 0.2) is 0 Å². The molecule has 20 heavy (non-hydrogen) atoms. The molecule has 0 radical (unpaired) electrons. The summed E-state index contributed by atoms with van der Waals surface area (Å²) in [5.41, 5.74) is 1.38. The van der Waals surface area contributed by atoms with Gasteiger partial charge >= 0.3 is 0 Å². The Labute approximate surface area is 120 Å². The lowest BCUT2D eigenvalue weighted by atomic mass is 10.1. The molecule has 0 bridgehead atoms. The predicted octanol–water partition coefficient (Wildman–Crippen LogP) is 4.66. The number of hydrogen-bond donors (Lipinski definition) is 1. The lowest BCUT2D eigenvalue weighted by Crippen LogP contribution is -2.09. The SMILES string of the molecule is CC(Nc1ccc(C#N)c(Cl)c1)c1ccc(F)cc1F. The Morgan fingerprint density at radius 3 is 2.55 bits per heavy atom. The maximum Gasteiger partial charge on any atom is 0.131 e. The fourth-order valence-electron chi connectivity index (χ4n) is 1.88. The minimum absolute atomic E-state index is 0.323. The zero-order valence-corrected chi connectivity index (χ0v) is 11.4. The summed E-state index contributed by atoms with van der Waals surface area (Å²) in [6, 6.07) is 9.91. The molecule has 0 saturated heterocycles. The standard InChI is InChI=1S/C15H11ClF2N2/c1-9(13-5-3-11(17)6-15(13)18)20-12-4-2-10(8-19)14(16)7-12/h2-7,9,20H,1H3. The van der Waals surface area contributed by atoms with Crippen LogP contribution in [0, 0.1) is 23.0 Å². The van der Waals surface area contributed by atoms with Gasteiger partial charge in [0.2, 0.25) is 0 Å². The van der Waals surface area contributed by atoms with E-state index >= 15 is 0 Å². The largest absolute Gasteiger partial charge is 0.378 e. The molecule has 0 saturated carbocycles. The van der Waals surface area contributed by atoms with Gasteiger partial charge in [-0.25, -0.2) is 8.78 Å². The minimum atomic E-state index is -0.611. The number of halogens is 3. The van der Waals surface area contributed by atoms with Gasteiger partial charge in [0.1, 0.15) is 17.7 Å². The normalized spacial score (nSPS) is 11.8. The summed E-state index contributed by atoms with van der Waals surface area (Å²) in [6.45, 7) is 1.75. The zero-order valence-electron chi connectivity index (χ0n) is 10.6. The minimum Gasteiger partial charge on any atom is -0.378 e. The maximum absolute atomic E-state index is 13.7. The first-order valence-electron chi connectivity index (χ1n) is 5.92. The number of nitrogens with one attached hydrogen (secondary N) is 1. The van der Waals surface area contributed by atoms with Crippen LogP contribution >= 0.6 is 11.6 Å². The van der Waals surface area contributed by atoms with E-state index in [0.717, 1.165) is 6.07 Å². The van der Waals surface area contributed by atoms with Gasteiger partial charge in [-0.2, -0.15) is 5.26 Å². The molecule has 2 aromatic rings. The van der Waals surface area contributed by atoms with Gasteiger partial charge in [0, 0.05) is 17.3 Å². The van der Waals surface area contributed by atoms with Crippen LogP contribution in [0.3, 0.4) is 0 Å². The molecule has 5 heteroatoms. The van der Waals surface area contributed by atoms with Crippen LogP contribution in [0.25, 0.3) is 0 Å². The Bertz CT molecular complexity index is 680. The third kappa shape index (κ3) is 3.06. The highest BCUT2D eigenvalue weighted by molar-refractivity contribution is 6.32. The van der Waals surface area contributed by atoms with Crippen molar-refractivity contribution in [2.45, 2.75) is 13.0 Å². The molecule has 2 nitrogen and oxygen atoms in total. The lowest BCUT2D eigenvalue weighted by molar-refractivity contribution is 0.566. The second kappa shape index (κ2) is 5.89. The van der Waals surface area contributed by atoms with Crippen molar-refractivity contribution in [2.24, 2.45) is 0 Å². The first-order chi connectivity index (χ1) is 9.51. The van der Waals surface area contributed by atoms with E-state index in [1.807, 2.05) is 6.07 Å². The molecule has 0 aliphatic rings. The van der Waals surface area contributed by atoms with E-state index in [4.69, 9.17) is 16.9 Å². The summed E-state index contributed by atoms with van der Waals surface area (Å²) in [4.78, 5) is 0. The molecule has 1 N–H and O–H groups in total. The van der Waals surface area contributed by atoms with Crippen molar-refractivity contribution in [1.29, 1.82) is 5.26 Å². The van der Waals surface area contributed by atoms with Crippen molar-refractivity contribution in [2.75, 3.05) is 5.32 Å². The third-order valence-electron chi connectivity index (χ3n) is 2.90. The average molecular weight is 293 g/mol. The molecule has 0 aliphatic carbocycles. The van der Waals surface area contributed by atoms with Gasteiger partial charge in [-0.3, -0.25) is 0 Å². The first-order valence-corrected chi connectivity index (χ1v) is 6.30. The van der Waals surface area contributed by atoms with Crippen LogP contribution in [0.2, 0.25) is 5.02 Å². The highest BCUT2D eigenvalue weighted by atomic mass is 35.5. The fourth-order valence-corrected chi connectivity index (χ4v) is 2.10. The van der Waals surface area contributed by atoms with Gasteiger partial charge in [0.25, 0.3) is 0 Å². The molecule has 0 heterocycles. The Balaban J connectivity index is 2.21. The van der Waals surface area contributed by atoms with Crippen LogP contribution in [0.15, 0.2) is 36.4 Å². The molecule has 102 valence electrons. The molecule has 2 rings (SSSR count). The van der Waals surface area contributed by atoms with Crippen molar-refractivity contribution in [3.05, 3.63) is 64.2 Å². The molecular weight excluding hydrogens is 282 g/mol. The number of hydrogen-bond acceptors (Lipinski definition) is 2. The second-order valence-electron chi connectivity index (χ2n) is 4.34. The summed E-state index contributed by atoms with van der Waals surface area (Å²) in [5.74, 6) is -1.22. The molecule has 0 fully saturated rings. The number of nitrogens with zero attached hydrogens (tertiary/aromatic N) is 1. The topological polar surface area (TPSA) is 35.8 Å². The highest BCUT2D eigenvalue weighted by Gasteiger charge is 2.12. The number of anilines is 1. The Morgan fingerprint density at radius 2 is 1.95 bits per heavy atom. The van der Waals surface area contributed by atoms with E-state index in [1.165, 1.54) is 12.1 Å². The van der Waals surface area contributed by atoms with Crippen molar-refractivity contribution in [1.82, 2.24) is 0 Å². The molecular formula is C15H11ClF2N2. The molecule has 2 aromatic carbocycles. The van der Waals surface area contributed by atoms with E-state index in [1.54, 1.807) is 25.1 Å². The van der Waals surface area contributed by atoms with E-state index in [9.17, 15) is 8.78 Å². The number of benzene rings is 2. The molecule has 0 amide bonds. The van der Waals surface area contributed by atoms with Crippen LogP contribution in [0.5, 0.6) is 0 Å². The van der Waals surface area contributed by atoms with Crippen LogP contribution in [0.1, 0.15) is 24.1 Å². The monoisotopic (exact) mass is 292 g/mol. The van der Waals surface area contributed by atoms with Crippen molar-refractivity contribution < 1.29 is 8.78 Å². The number of nitriles is 1. The summed E-state index contributed by atoms with van der Waals surface area (Å²) in [6.07, 6.45) is 0. The van der Waals surface area contributed by atoms with Crippen molar-refractivity contribution in [3.63, 3.8) is 0 Å². The van der Waals surface area contributed by atoms with E-state index in [0.29, 0.717) is 21.8 Å². The van der Waals surface area contributed by atoms with Gasteiger partial charge in [-0.05, 0) is 31.2 Å². The molecule has 1 unspecified atom stereocenters. The van der Waals surface area contributed by atoms with Gasteiger partial charge in [0.05, 0.1) is 16.6 Å². The lowest BCUT2D eigenvalue weighted by Gasteiger charge is -2.16. The van der Waals surface area contributed by atoms with Crippen LogP contribution in [-0.4, -0.2) is 0 Å². The van der Waals surface area contributed by atoms with E-state index in [-0.39, 0.29) is 6.04 Å². The van der Waals surface area contributed by atoms with Gasteiger partial charge in [-0.1, -0.05) is 17.7 Å². The fraction of sp³-hybridized carbons (Fsp3) is 0.133. The molecule has 0 aliphatic heterocycles. The van der Waals surface area contributed by atoms with Crippen molar-refractivity contribution >= 4 is 17.3 Å². The van der Waals surface area contributed by atoms with E-state index in [2.05, 4.69) is 5.32 Å². The van der Waals surface area contributed by atoms with E-state index < -0.39 is 11.6 Å². The summed E-state index contributed by atoms with van der Waals surface area (Å²) >= 11 is 5.92. The maximum atomic E-state index is 13.7. The van der Waals surface area contributed by atoms with Gasteiger partial charge < -0.3 is 5.32 Å².